The number of aromatic nitrogens is 3. The van der Waals surface area contributed by atoms with E-state index < -0.39 is 16.0 Å². The average Bonchev–Trinajstić information content (AvgIpc) is 2.74. The molecule has 1 aromatic carbocycles. The number of ether oxygens (including phenoxy) is 1. The largest absolute Gasteiger partial charge is 0.478 e. The van der Waals surface area contributed by atoms with Crippen LogP contribution in [0.3, 0.4) is 0 Å². The summed E-state index contributed by atoms with van der Waals surface area (Å²) in [6.07, 6.45) is 6.54. The van der Waals surface area contributed by atoms with Crippen molar-refractivity contribution in [1.29, 1.82) is 0 Å². The number of carboxylic acid groups (broad SMARTS) is 1. The van der Waals surface area contributed by atoms with Crippen molar-refractivity contribution in [2.24, 2.45) is 0 Å². The number of nitrogens with zero attached hydrogens (tertiary/aromatic N) is 4. The van der Waals surface area contributed by atoms with Gasteiger partial charge in [0.05, 0.1) is 24.7 Å². The van der Waals surface area contributed by atoms with Crippen LogP contribution in [0.15, 0.2) is 66.0 Å². The first-order valence-electron chi connectivity index (χ1n) is 8.67. The van der Waals surface area contributed by atoms with E-state index in [2.05, 4.69) is 15.0 Å². The van der Waals surface area contributed by atoms with Crippen LogP contribution >= 0.6 is 0 Å². The summed E-state index contributed by atoms with van der Waals surface area (Å²) in [7, 11) is -2.74. The van der Waals surface area contributed by atoms with Gasteiger partial charge in [-0.15, -0.1) is 0 Å². The quantitative estimate of drug-likeness (QED) is 0.572. The highest BCUT2D eigenvalue weighted by molar-refractivity contribution is 7.93. The number of methoxy groups -OCH3 is 1. The van der Waals surface area contributed by atoms with Crippen molar-refractivity contribution >= 4 is 33.6 Å². The Bertz CT molecular complexity index is 1180. The summed E-state index contributed by atoms with van der Waals surface area (Å²) in [5.74, 6) is -1.06. The Labute approximate surface area is 173 Å². The van der Waals surface area contributed by atoms with Gasteiger partial charge in [0.2, 0.25) is 5.82 Å². The number of hydrogen-bond acceptors (Lipinski definition) is 7. The van der Waals surface area contributed by atoms with Crippen molar-refractivity contribution in [3.63, 3.8) is 0 Å². The Morgan fingerprint density at radius 2 is 1.90 bits per heavy atom. The van der Waals surface area contributed by atoms with Crippen LogP contribution in [0.5, 0.6) is 5.88 Å². The Hall–Kier alpha value is -3.79. The van der Waals surface area contributed by atoms with Crippen molar-refractivity contribution in [3.05, 3.63) is 72.3 Å². The van der Waals surface area contributed by atoms with Gasteiger partial charge < -0.3 is 9.84 Å². The van der Waals surface area contributed by atoms with Crippen LogP contribution in [0.2, 0.25) is 0 Å². The van der Waals surface area contributed by atoms with E-state index >= 15 is 0 Å². The molecule has 0 aliphatic rings. The third-order valence-electron chi connectivity index (χ3n) is 3.95. The number of hydrogen-bond donors (Lipinski definition) is 1. The minimum Gasteiger partial charge on any atom is -0.478 e. The third kappa shape index (κ3) is 4.44. The predicted octanol–water partition coefficient (Wildman–Crippen LogP) is 2.81. The molecule has 0 aliphatic heterocycles. The molecule has 9 nitrogen and oxygen atoms in total. The van der Waals surface area contributed by atoms with Gasteiger partial charge in [-0.2, -0.15) is 0 Å². The van der Waals surface area contributed by atoms with E-state index in [9.17, 15) is 13.2 Å². The molecule has 0 unspecified atom stereocenters. The monoisotopic (exact) mass is 426 g/mol. The lowest BCUT2D eigenvalue weighted by molar-refractivity contribution is -0.131. The van der Waals surface area contributed by atoms with Crippen molar-refractivity contribution in [1.82, 2.24) is 15.0 Å². The van der Waals surface area contributed by atoms with Gasteiger partial charge in [0.15, 0.2) is 0 Å². The fourth-order valence-corrected chi connectivity index (χ4v) is 4.00. The van der Waals surface area contributed by atoms with Crippen LogP contribution < -0.4 is 9.04 Å². The maximum absolute atomic E-state index is 13.5. The SMILES string of the molecule is COc1nc(C)cnc1N(c1ccc(C=CC(=O)O)cc1)S(=O)(=O)c1cccnc1. The maximum Gasteiger partial charge on any atom is 0.328 e. The molecule has 10 heteroatoms. The summed E-state index contributed by atoms with van der Waals surface area (Å²) in [5.41, 5.74) is 1.41. The van der Waals surface area contributed by atoms with Crippen LogP contribution in [0.25, 0.3) is 6.08 Å². The molecule has 0 radical (unpaired) electrons. The fraction of sp³-hybridized carbons (Fsp3) is 0.100. The molecule has 30 heavy (non-hydrogen) atoms. The van der Waals surface area contributed by atoms with Crippen LogP contribution in [-0.2, 0) is 14.8 Å². The zero-order chi connectivity index (χ0) is 21.7. The Morgan fingerprint density at radius 1 is 1.17 bits per heavy atom. The lowest BCUT2D eigenvalue weighted by Gasteiger charge is -2.24. The van der Waals surface area contributed by atoms with Crippen LogP contribution in [0.1, 0.15) is 11.3 Å². The predicted molar refractivity (Wildman–Crippen MR) is 110 cm³/mol. The number of carboxylic acids is 1. The third-order valence-corrected chi connectivity index (χ3v) is 5.65. The average molecular weight is 426 g/mol. The first-order chi connectivity index (χ1) is 14.3. The smallest absolute Gasteiger partial charge is 0.328 e. The number of anilines is 2. The molecule has 3 aromatic rings. The number of sulfonamides is 1. The van der Waals surface area contributed by atoms with Crippen molar-refractivity contribution in [3.8, 4) is 5.88 Å². The maximum atomic E-state index is 13.5. The number of aryl methyl sites for hydroxylation is 1. The highest BCUT2D eigenvalue weighted by Gasteiger charge is 2.31. The van der Waals surface area contributed by atoms with E-state index in [1.54, 1.807) is 19.1 Å². The minimum atomic E-state index is -4.11. The molecule has 0 bridgehead atoms. The van der Waals surface area contributed by atoms with Crippen LogP contribution in [0.4, 0.5) is 11.5 Å². The molecule has 1 N–H and O–H groups in total. The molecule has 0 spiro atoms. The number of benzene rings is 1. The van der Waals surface area contributed by atoms with E-state index in [0.29, 0.717) is 11.3 Å². The molecular formula is C20H18N4O5S. The van der Waals surface area contributed by atoms with Gasteiger partial charge in [0, 0.05) is 18.5 Å². The highest BCUT2D eigenvalue weighted by atomic mass is 32.2. The summed E-state index contributed by atoms with van der Waals surface area (Å²) in [6.45, 7) is 1.71. The van der Waals surface area contributed by atoms with Gasteiger partial charge in [-0.05, 0) is 42.8 Å². The van der Waals surface area contributed by atoms with Crippen molar-refractivity contribution in [2.75, 3.05) is 11.4 Å². The van der Waals surface area contributed by atoms with Crippen molar-refractivity contribution < 1.29 is 23.1 Å². The molecule has 0 amide bonds. The summed E-state index contributed by atoms with van der Waals surface area (Å²) >= 11 is 0. The number of pyridine rings is 1. The second kappa shape index (κ2) is 8.70. The van der Waals surface area contributed by atoms with E-state index in [0.717, 1.165) is 10.4 Å². The Morgan fingerprint density at radius 3 is 2.50 bits per heavy atom. The standard InChI is InChI=1S/C20H18N4O5S/c1-14-12-22-19(20(23-14)29-2)24(30(27,28)17-4-3-11-21-13-17)16-8-5-15(6-9-16)7-10-18(25)26/h3-13H,1-2H3,(H,25,26). The first kappa shape index (κ1) is 20.9. The van der Waals surface area contributed by atoms with E-state index in [1.807, 2.05) is 0 Å². The lowest BCUT2D eigenvalue weighted by atomic mass is 10.2. The van der Waals surface area contributed by atoms with Gasteiger partial charge in [0.1, 0.15) is 4.90 Å². The molecule has 0 saturated carbocycles. The molecule has 0 aliphatic carbocycles. The summed E-state index contributed by atoms with van der Waals surface area (Å²) in [6, 6.07) is 9.20. The first-order valence-corrected chi connectivity index (χ1v) is 10.1. The molecule has 0 fully saturated rings. The van der Waals surface area contributed by atoms with Crippen LogP contribution in [0, 0.1) is 6.92 Å². The van der Waals surface area contributed by atoms with Gasteiger partial charge in [-0.3, -0.25) is 4.98 Å². The van der Waals surface area contributed by atoms with Gasteiger partial charge in [-0.25, -0.2) is 27.5 Å². The molecule has 0 atom stereocenters. The van der Waals surface area contributed by atoms with Gasteiger partial charge in [0.25, 0.3) is 15.9 Å². The van der Waals surface area contributed by atoms with E-state index in [-0.39, 0.29) is 22.3 Å². The second-order valence-electron chi connectivity index (χ2n) is 6.07. The Balaban J connectivity index is 2.17. The molecule has 2 aromatic heterocycles. The number of aliphatic carboxylic acids is 1. The molecule has 0 saturated heterocycles. The van der Waals surface area contributed by atoms with Gasteiger partial charge >= 0.3 is 5.97 Å². The summed E-state index contributed by atoms with van der Waals surface area (Å²) < 4.78 is 33.2. The lowest BCUT2D eigenvalue weighted by Crippen LogP contribution is -2.28. The van der Waals surface area contributed by atoms with Crippen molar-refractivity contribution in [2.45, 2.75) is 11.8 Å². The minimum absolute atomic E-state index is 0.0132. The zero-order valence-electron chi connectivity index (χ0n) is 16.1. The van der Waals surface area contributed by atoms with Crippen LogP contribution in [-0.4, -0.2) is 41.6 Å². The fourth-order valence-electron chi connectivity index (χ4n) is 2.59. The highest BCUT2D eigenvalue weighted by Crippen LogP contribution is 2.35. The van der Waals surface area contributed by atoms with Gasteiger partial charge in [-0.1, -0.05) is 12.1 Å². The molecule has 3 rings (SSSR count). The molecule has 2 heterocycles. The normalized spacial score (nSPS) is 11.4. The molecule has 154 valence electrons. The summed E-state index contributed by atoms with van der Waals surface area (Å²) in [4.78, 5) is 23.0. The molecular weight excluding hydrogens is 408 g/mol. The Kier molecular flexibility index (Phi) is 6.07. The van der Waals surface area contributed by atoms with E-state index in [1.165, 1.54) is 56.0 Å². The van der Waals surface area contributed by atoms with E-state index in [4.69, 9.17) is 9.84 Å². The zero-order valence-corrected chi connectivity index (χ0v) is 16.9. The second-order valence-corrected chi connectivity index (χ2v) is 7.85. The summed E-state index contributed by atoms with van der Waals surface area (Å²) in [5, 5.41) is 8.77. The number of carbonyl (C=O) groups is 1. The topological polar surface area (TPSA) is 123 Å². The number of rotatable bonds is 7.